The van der Waals surface area contributed by atoms with Crippen LogP contribution in [0.3, 0.4) is 0 Å². The molecule has 2 N–H and O–H groups in total. The van der Waals surface area contributed by atoms with E-state index in [-0.39, 0.29) is 13.2 Å². The quantitative estimate of drug-likeness (QED) is 0.428. The van der Waals surface area contributed by atoms with Crippen molar-refractivity contribution in [3.8, 4) is 5.75 Å². The van der Waals surface area contributed by atoms with Crippen LogP contribution in [0.4, 0.5) is 5.69 Å². The SMILES string of the molecule is CCN(CC)c1ccc(/C=N/NC(=O)CNC(=O)COc2ccc(Cl)cc2Cl)cc1. The van der Waals surface area contributed by atoms with Crippen molar-refractivity contribution >= 4 is 46.9 Å². The largest absolute Gasteiger partial charge is 0.482 e. The number of ether oxygens (including phenoxy) is 1. The molecule has 160 valence electrons. The van der Waals surface area contributed by atoms with Gasteiger partial charge in [-0.15, -0.1) is 0 Å². The summed E-state index contributed by atoms with van der Waals surface area (Å²) in [5.74, 6) is -0.590. The summed E-state index contributed by atoms with van der Waals surface area (Å²) in [4.78, 5) is 25.8. The summed E-state index contributed by atoms with van der Waals surface area (Å²) in [6.07, 6.45) is 1.54. The highest BCUT2D eigenvalue weighted by atomic mass is 35.5. The number of halogens is 2. The molecule has 2 rings (SSSR count). The van der Waals surface area contributed by atoms with Crippen LogP contribution in [0.5, 0.6) is 5.75 Å². The number of amides is 2. The molecule has 0 aliphatic carbocycles. The van der Waals surface area contributed by atoms with Gasteiger partial charge in [-0.2, -0.15) is 5.10 Å². The van der Waals surface area contributed by atoms with Crippen molar-refractivity contribution in [1.82, 2.24) is 10.7 Å². The lowest BCUT2D eigenvalue weighted by Crippen LogP contribution is -2.37. The summed E-state index contributed by atoms with van der Waals surface area (Å²) in [7, 11) is 0. The molecule has 2 aromatic rings. The smallest absolute Gasteiger partial charge is 0.259 e. The highest BCUT2D eigenvalue weighted by Gasteiger charge is 2.08. The molecule has 0 saturated carbocycles. The molecule has 0 aliphatic heterocycles. The number of carbonyl (C=O) groups excluding carboxylic acids is 2. The van der Waals surface area contributed by atoms with Gasteiger partial charge in [0.15, 0.2) is 6.61 Å². The maximum atomic E-state index is 11.8. The number of nitrogens with zero attached hydrogens (tertiary/aromatic N) is 2. The molecule has 0 spiro atoms. The molecule has 2 aromatic carbocycles. The zero-order chi connectivity index (χ0) is 21.9. The fraction of sp³-hybridized carbons (Fsp3) is 0.286. The number of carbonyl (C=O) groups is 2. The number of nitrogens with one attached hydrogen (secondary N) is 2. The van der Waals surface area contributed by atoms with E-state index in [2.05, 4.69) is 34.6 Å². The first-order valence-corrected chi connectivity index (χ1v) is 10.2. The van der Waals surface area contributed by atoms with Crippen LogP contribution in [0.2, 0.25) is 10.0 Å². The summed E-state index contributed by atoms with van der Waals surface area (Å²) in [5, 5.41) is 7.10. The second-order valence-corrected chi connectivity index (χ2v) is 7.04. The Kier molecular flexibility index (Phi) is 9.44. The minimum absolute atomic E-state index is 0.227. The van der Waals surface area contributed by atoms with Crippen LogP contribution < -0.4 is 20.4 Å². The highest BCUT2D eigenvalue weighted by molar-refractivity contribution is 6.35. The number of anilines is 1. The van der Waals surface area contributed by atoms with Crippen LogP contribution in [-0.2, 0) is 9.59 Å². The van der Waals surface area contributed by atoms with E-state index in [9.17, 15) is 9.59 Å². The highest BCUT2D eigenvalue weighted by Crippen LogP contribution is 2.27. The van der Waals surface area contributed by atoms with E-state index < -0.39 is 11.8 Å². The molecule has 0 unspecified atom stereocenters. The number of hydrazone groups is 1. The Labute approximate surface area is 186 Å². The Morgan fingerprint density at radius 2 is 1.77 bits per heavy atom. The first-order chi connectivity index (χ1) is 14.4. The standard InChI is InChI=1S/C21H24Cl2N4O3/c1-3-27(4-2)17-8-5-15(6-9-17)12-25-26-20(28)13-24-21(29)14-30-19-10-7-16(22)11-18(19)23/h5-12H,3-4,13-14H2,1-2H3,(H,24,29)(H,26,28)/b25-12+. The van der Waals surface area contributed by atoms with E-state index in [4.69, 9.17) is 27.9 Å². The van der Waals surface area contributed by atoms with Crippen molar-refractivity contribution < 1.29 is 14.3 Å². The minimum atomic E-state index is -0.466. The summed E-state index contributed by atoms with van der Waals surface area (Å²) >= 11 is 11.8. The van der Waals surface area contributed by atoms with Crippen LogP contribution in [-0.4, -0.2) is 44.3 Å². The number of benzene rings is 2. The molecule has 0 saturated heterocycles. The molecule has 30 heavy (non-hydrogen) atoms. The molecule has 9 heteroatoms. The van der Waals surface area contributed by atoms with Gasteiger partial charge in [-0.1, -0.05) is 35.3 Å². The van der Waals surface area contributed by atoms with Gasteiger partial charge in [-0.25, -0.2) is 5.43 Å². The molecule has 0 atom stereocenters. The van der Waals surface area contributed by atoms with Crippen molar-refractivity contribution in [2.24, 2.45) is 5.10 Å². The monoisotopic (exact) mass is 450 g/mol. The zero-order valence-corrected chi connectivity index (χ0v) is 18.3. The second kappa shape index (κ2) is 12.0. The minimum Gasteiger partial charge on any atom is -0.482 e. The first kappa shape index (κ1) is 23.5. The Morgan fingerprint density at radius 3 is 2.40 bits per heavy atom. The van der Waals surface area contributed by atoms with E-state index in [1.54, 1.807) is 12.1 Å². The molecule has 0 fully saturated rings. The van der Waals surface area contributed by atoms with Gasteiger partial charge in [0.05, 0.1) is 17.8 Å². The number of hydrogen-bond acceptors (Lipinski definition) is 5. The zero-order valence-electron chi connectivity index (χ0n) is 16.8. The average molecular weight is 451 g/mol. The molecule has 0 bridgehead atoms. The van der Waals surface area contributed by atoms with Crippen molar-refractivity contribution in [2.75, 3.05) is 31.1 Å². The maximum Gasteiger partial charge on any atom is 0.259 e. The lowest BCUT2D eigenvalue weighted by Gasteiger charge is -2.20. The van der Waals surface area contributed by atoms with Crippen molar-refractivity contribution in [3.05, 3.63) is 58.1 Å². The summed E-state index contributed by atoms with van der Waals surface area (Å²) in [5.41, 5.74) is 4.35. The molecule has 7 nitrogen and oxygen atoms in total. The van der Waals surface area contributed by atoms with E-state index in [0.29, 0.717) is 15.8 Å². The lowest BCUT2D eigenvalue weighted by atomic mass is 10.2. The third-order valence-electron chi connectivity index (χ3n) is 4.12. The molecule has 0 aliphatic rings. The van der Waals surface area contributed by atoms with E-state index in [1.807, 2.05) is 24.3 Å². The topological polar surface area (TPSA) is 83.0 Å². The van der Waals surface area contributed by atoms with Crippen molar-refractivity contribution in [2.45, 2.75) is 13.8 Å². The molecule has 0 heterocycles. The normalized spacial score (nSPS) is 10.7. The summed E-state index contributed by atoms with van der Waals surface area (Å²) in [6, 6.07) is 12.5. The van der Waals surface area contributed by atoms with Crippen LogP contribution >= 0.6 is 23.2 Å². The Bertz CT molecular complexity index is 884. The second-order valence-electron chi connectivity index (χ2n) is 6.20. The maximum absolute atomic E-state index is 11.8. The van der Waals surface area contributed by atoms with Gasteiger partial charge in [0, 0.05) is 23.8 Å². The van der Waals surface area contributed by atoms with Gasteiger partial charge in [0.25, 0.3) is 11.8 Å². The van der Waals surface area contributed by atoms with Gasteiger partial charge in [-0.05, 0) is 49.7 Å². The van der Waals surface area contributed by atoms with Crippen molar-refractivity contribution in [1.29, 1.82) is 0 Å². The van der Waals surface area contributed by atoms with Crippen LogP contribution in [0.15, 0.2) is 47.6 Å². The summed E-state index contributed by atoms with van der Waals surface area (Å²) < 4.78 is 5.30. The van der Waals surface area contributed by atoms with E-state index in [1.165, 1.54) is 12.3 Å². The van der Waals surface area contributed by atoms with Gasteiger partial charge in [0.2, 0.25) is 0 Å². The van der Waals surface area contributed by atoms with E-state index in [0.717, 1.165) is 24.3 Å². The average Bonchev–Trinajstić information content (AvgIpc) is 2.73. The third-order valence-corrected chi connectivity index (χ3v) is 4.65. The molecular weight excluding hydrogens is 427 g/mol. The first-order valence-electron chi connectivity index (χ1n) is 9.44. The van der Waals surface area contributed by atoms with Gasteiger partial charge in [0.1, 0.15) is 5.75 Å². The van der Waals surface area contributed by atoms with Crippen LogP contribution in [0.1, 0.15) is 19.4 Å². The fourth-order valence-electron chi connectivity index (χ4n) is 2.54. The molecular formula is C21H24Cl2N4O3. The Balaban J connectivity index is 1.71. The molecule has 0 radical (unpaired) electrons. The predicted molar refractivity (Wildman–Crippen MR) is 121 cm³/mol. The Hall–Kier alpha value is -2.77. The van der Waals surface area contributed by atoms with Gasteiger partial charge >= 0.3 is 0 Å². The number of rotatable bonds is 10. The lowest BCUT2D eigenvalue weighted by molar-refractivity contribution is -0.127. The van der Waals surface area contributed by atoms with E-state index >= 15 is 0 Å². The fourth-order valence-corrected chi connectivity index (χ4v) is 3.01. The molecule has 2 amide bonds. The van der Waals surface area contributed by atoms with Crippen LogP contribution in [0.25, 0.3) is 0 Å². The number of hydrogen-bond donors (Lipinski definition) is 2. The predicted octanol–water partition coefficient (Wildman–Crippen LogP) is 3.48. The van der Waals surface area contributed by atoms with Gasteiger partial charge in [-0.3, -0.25) is 9.59 Å². The van der Waals surface area contributed by atoms with Gasteiger partial charge < -0.3 is 15.0 Å². The van der Waals surface area contributed by atoms with Crippen molar-refractivity contribution in [3.63, 3.8) is 0 Å². The summed E-state index contributed by atoms with van der Waals surface area (Å²) in [6.45, 7) is 5.57. The Morgan fingerprint density at radius 1 is 1.07 bits per heavy atom. The molecule has 0 aromatic heterocycles. The van der Waals surface area contributed by atoms with Crippen LogP contribution in [0, 0.1) is 0 Å². The third kappa shape index (κ3) is 7.57.